The molecule has 0 bridgehead atoms. The highest BCUT2D eigenvalue weighted by Gasteiger charge is 2.30. The number of para-hydroxylation sites is 1. The number of rotatable bonds is 6. The molecular formula is C27H26N4O3S. The molecule has 0 N–H and O–H groups in total. The fraction of sp³-hybridized carbons (Fsp3) is 0.185. The van der Waals surface area contributed by atoms with Gasteiger partial charge in [0, 0.05) is 37.9 Å². The van der Waals surface area contributed by atoms with Gasteiger partial charge in [-0.15, -0.1) is 0 Å². The van der Waals surface area contributed by atoms with Gasteiger partial charge in [0.25, 0.3) is 0 Å². The van der Waals surface area contributed by atoms with Gasteiger partial charge in [0.05, 0.1) is 10.6 Å². The first-order valence-electron chi connectivity index (χ1n) is 11.5. The molecule has 1 aromatic heterocycles. The fourth-order valence-corrected chi connectivity index (χ4v) is 5.74. The van der Waals surface area contributed by atoms with E-state index in [2.05, 4.69) is 4.98 Å². The van der Waals surface area contributed by atoms with Gasteiger partial charge in [0.1, 0.15) is 11.5 Å². The smallest absolute Gasteiger partial charge is 0.243 e. The summed E-state index contributed by atoms with van der Waals surface area (Å²) in [6.07, 6.45) is 1.74. The molecule has 0 unspecified atom stereocenters. The number of aryl methyl sites for hydroxylation is 1. The highest BCUT2D eigenvalue weighted by atomic mass is 32.2. The Morgan fingerprint density at radius 1 is 0.771 bits per heavy atom. The number of benzene rings is 3. The minimum atomic E-state index is -3.52. The summed E-state index contributed by atoms with van der Waals surface area (Å²) in [4.78, 5) is 11.6. The Bertz CT molecular complexity index is 1400. The minimum absolute atomic E-state index is 0.367. The summed E-state index contributed by atoms with van der Waals surface area (Å²) in [6.45, 7) is 3.64. The van der Waals surface area contributed by atoms with Gasteiger partial charge < -0.3 is 9.64 Å². The summed E-state index contributed by atoms with van der Waals surface area (Å²) >= 11 is 0. The van der Waals surface area contributed by atoms with Crippen molar-refractivity contribution in [2.24, 2.45) is 0 Å². The second kappa shape index (κ2) is 9.85. The Balaban J connectivity index is 1.26. The van der Waals surface area contributed by atoms with Crippen molar-refractivity contribution in [2.75, 3.05) is 31.1 Å². The van der Waals surface area contributed by atoms with Crippen LogP contribution in [-0.2, 0) is 10.0 Å². The summed E-state index contributed by atoms with van der Waals surface area (Å²) in [7, 11) is -3.52. The van der Waals surface area contributed by atoms with Crippen molar-refractivity contribution in [3.63, 3.8) is 0 Å². The van der Waals surface area contributed by atoms with Crippen molar-refractivity contribution in [3.05, 3.63) is 96.7 Å². The van der Waals surface area contributed by atoms with Crippen molar-refractivity contribution in [2.45, 2.75) is 11.8 Å². The second-order valence-electron chi connectivity index (χ2n) is 8.34. The van der Waals surface area contributed by atoms with Crippen molar-refractivity contribution in [1.82, 2.24) is 14.3 Å². The fourth-order valence-electron chi connectivity index (χ4n) is 4.09. The molecule has 0 amide bonds. The third kappa shape index (κ3) is 5.03. The Morgan fingerprint density at radius 2 is 1.43 bits per heavy atom. The van der Waals surface area contributed by atoms with E-state index in [1.165, 1.54) is 0 Å². The molecule has 1 saturated heterocycles. The van der Waals surface area contributed by atoms with E-state index in [1.807, 2.05) is 84.6 Å². The average Bonchev–Trinajstić information content (AvgIpc) is 2.90. The molecule has 3 aromatic carbocycles. The second-order valence-corrected chi connectivity index (χ2v) is 10.2. The molecule has 1 aliphatic heterocycles. The predicted molar refractivity (Wildman–Crippen MR) is 136 cm³/mol. The van der Waals surface area contributed by atoms with Crippen LogP contribution in [0.15, 0.2) is 96.0 Å². The number of hydrogen-bond acceptors (Lipinski definition) is 6. The maximum atomic E-state index is 13.1. The number of anilines is 1. The number of nitrogens with zero attached hydrogens (tertiary/aromatic N) is 4. The molecule has 0 spiro atoms. The zero-order chi connectivity index (χ0) is 24.3. The lowest BCUT2D eigenvalue weighted by molar-refractivity contribution is 0.382. The predicted octanol–water partition coefficient (Wildman–Crippen LogP) is 4.76. The topological polar surface area (TPSA) is 75.6 Å². The number of ether oxygens (including phenoxy) is 1. The van der Waals surface area contributed by atoms with Crippen LogP contribution in [0.2, 0.25) is 0 Å². The van der Waals surface area contributed by atoms with Gasteiger partial charge in [-0.25, -0.2) is 18.4 Å². The molecule has 7 nitrogen and oxygen atoms in total. The molecule has 2 heterocycles. The highest BCUT2D eigenvalue weighted by molar-refractivity contribution is 7.89. The summed E-state index contributed by atoms with van der Waals surface area (Å²) in [5.74, 6) is 2.13. The molecule has 8 heteroatoms. The van der Waals surface area contributed by atoms with Gasteiger partial charge in [-0.3, -0.25) is 0 Å². The molecule has 0 saturated carbocycles. The van der Waals surface area contributed by atoms with E-state index in [4.69, 9.17) is 9.72 Å². The number of piperazine rings is 1. The Kier molecular flexibility index (Phi) is 6.48. The van der Waals surface area contributed by atoms with Gasteiger partial charge in [-0.2, -0.15) is 4.31 Å². The van der Waals surface area contributed by atoms with E-state index < -0.39 is 10.0 Å². The van der Waals surface area contributed by atoms with Crippen LogP contribution in [0.1, 0.15) is 5.56 Å². The molecule has 0 aliphatic carbocycles. The number of sulfonamides is 1. The zero-order valence-corrected chi connectivity index (χ0v) is 20.2. The Hall–Kier alpha value is -3.75. The van der Waals surface area contributed by atoms with E-state index in [1.54, 1.807) is 22.6 Å². The molecule has 178 valence electrons. The van der Waals surface area contributed by atoms with Gasteiger partial charge in [0.15, 0.2) is 0 Å². The standard InChI is InChI=1S/C27H26N4O3S/c1-21-7-5-6-10-26(21)35(32,33)31-19-17-30(18-20-31)27-28-16-15-25(29-27)22-11-13-24(14-12-22)34-23-8-3-2-4-9-23/h2-16H,17-20H2,1H3. The van der Waals surface area contributed by atoms with Gasteiger partial charge >= 0.3 is 0 Å². The third-order valence-corrected chi connectivity index (χ3v) is 8.06. The largest absolute Gasteiger partial charge is 0.457 e. The average molecular weight is 487 g/mol. The van der Waals surface area contributed by atoms with Crippen LogP contribution in [0.5, 0.6) is 11.5 Å². The number of hydrogen-bond donors (Lipinski definition) is 0. The van der Waals surface area contributed by atoms with Crippen molar-refractivity contribution < 1.29 is 13.2 Å². The molecule has 0 radical (unpaired) electrons. The van der Waals surface area contributed by atoms with Gasteiger partial charge in [-0.05, 0) is 61.0 Å². The summed E-state index contributed by atoms with van der Waals surface area (Å²) in [5.41, 5.74) is 2.51. The SMILES string of the molecule is Cc1ccccc1S(=O)(=O)N1CCN(c2nccc(-c3ccc(Oc4ccccc4)cc3)n2)CC1. The summed E-state index contributed by atoms with van der Waals surface area (Å²) in [6, 6.07) is 26.4. The molecular weight excluding hydrogens is 460 g/mol. The molecule has 1 fully saturated rings. The van der Waals surface area contributed by atoms with E-state index in [0.717, 1.165) is 28.3 Å². The van der Waals surface area contributed by atoms with Gasteiger partial charge in [-0.1, -0.05) is 36.4 Å². The molecule has 1 aliphatic rings. The van der Waals surface area contributed by atoms with E-state index in [0.29, 0.717) is 37.0 Å². The van der Waals surface area contributed by atoms with Crippen LogP contribution in [-0.4, -0.2) is 48.9 Å². The van der Waals surface area contributed by atoms with E-state index >= 15 is 0 Å². The van der Waals surface area contributed by atoms with Crippen LogP contribution >= 0.6 is 0 Å². The highest BCUT2D eigenvalue weighted by Crippen LogP contribution is 2.26. The zero-order valence-electron chi connectivity index (χ0n) is 19.4. The summed E-state index contributed by atoms with van der Waals surface area (Å²) in [5, 5.41) is 0. The molecule has 5 rings (SSSR count). The van der Waals surface area contributed by atoms with E-state index in [-0.39, 0.29) is 0 Å². The van der Waals surface area contributed by atoms with Gasteiger partial charge in [0.2, 0.25) is 16.0 Å². The van der Waals surface area contributed by atoms with Crippen molar-refractivity contribution in [1.29, 1.82) is 0 Å². The first kappa shape index (κ1) is 23.0. The molecule has 4 aromatic rings. The first-order valence-corrected chi connectivity index (χ1v) is 12.9. The molecule has 35 heavy (non-hydrogen) atoms. The lowest BCUT2D eigenvalue weighted by Crippen LogP contribution is -2.49. The van der Waals surface area contributed by atoms with Crippen molar-refractivity contribution in [3.8, 4) is 22.8 Å². The van der Waals surface area contributed by atoms with Crippen LogP contribution < -0.4 is 9.64 Å². The normalized spacial score (nSPS) is 14.6. The van der Waals surface area contributed by atoms with E-state index in [9.17, 15) is 8.42 Å². The van der Waals surface area contributed by atoms with Crippen LogP contribution in [0, 0.1) is 6.92 Å². The third-order valence-electron chi connectivity index (χ3n) is 6.00. The maximum Gasteiger partial charge on any atom is 0.243 e. The lowest BCUT2D eigenvalue weighted by atomic mass is 10.1. The monoisotopic (exact) mass is 486 g/mol. The quantitative estimate of drug-likeness (QED) is 0.391. The van der Waals surface area contributed by atoms with Crippen LogP contribution in [0.25, 0.3) is 11.3 Å². The number of aromatic nitrogens is 2. The Labute approximate surface area is 205 Å². The minimum Gasteiger partial charge on any atom is -0.457 e. The van der Waals surface area contributed by atoms with Crippen LogP contribution in [0.4, 0.5) is 5.95 Å². The van der Waals surface area contributed by atoms with Crippen molar-refractivity contribution >= 4 is 16.0 Å². The first-order chi connectivity index (χ1) is 17.0. The maximum absolute atomic E-state index is 13.1. The lowest BCUT2D eigenvalue weighted by Gasteiger charge is -2.34. The molecule has 0 atom stereocenters. The summed E-state index contributed by atoms with van der Waals surface area (Å²) < 4.78 is 33.6. The Morgan fingerprint density at radius 3 is 2.14 bits per heavy atom. The van der Waals surface area contributed by atoms with Crippen LogP contribution in [0.3, 0.4) is 0 Å².